The summed E-state index contributed by atoms with van der Waals surface area (Å²) < 4.78 is 11.9. The third-order valence-electron chi connectivity index (χ3n) is 5.70. The molecule has 0 amide bonds. The van der Waals surface area contributed by atoms with Gasteiger partial charge in [-0.2, -0.15) is 0 Å². The molecule has 2 N–H and O–H groups in total. The van der Waals surface area contributed by atoms with Gasteiger partial charge in [-0.25, -0.2) is 4.98 Å². The monoisotopic (exact) mass is 535 g/mol. The van der Waals surface area contributed by atoms with Gasteiger partial charge >= 0.3 is 0 Å². The van der Waals surface area contributed by atoms with E-state index in [4.69, 9.17) is 14.5 Å². The molecule has 3 aromatic rings. The number of fused-ring (bicyclic) bond motifs is 2. The highest BCUT2D eigenvalue weighted by atomic mass is 35.5. The molecule has 1 aromatic heterocycles. The minimum absolute atomic E-state index is 0. The van der Waals surface area contributed by atoms with Crippen LogP contribution in [0.15, 0.2) is 42.5 Å². The van der Waals surface area contributed by atoms with Crippen LogP contribution in [-0.2, 0) is 0 Å². The number of halogens is 3. The summed E-state index contributed by atoms with van der Waals surface area (Å²) in [7, 11) is 0. The van der Waals surface area contributed by atoms with Crippen LogP contribution in [0.3, 0.4) is 0 Å². The predicted octanol–water partition coefficient (Wildman–Crippen LogP) is 5.27. The first-order valence-electron chi connectivity index (χ1n) is 11.2. The van der Waals surface area contributed by atoms with Crippen molar-refractivity contribution in [3.05, 3.63) is 42.5 Å². The van der Waals surface area contributed by atoms with Gasteiger partial charge in [0.25, 0.3) is 0 Å². The molecule has 0 saturated carbocycles. The Hall–Kier alpha value is -1.54. The van der Waals surface area contributed by atoms with Gasteiger partial charge in [-0.05, 0) is 56.5 Å². The lowest BCUT2D eigenvalue weighted by Crippen LogP contribution is -2.27. The predicted molar refractivity (Wildman–Crippen MR) is 151 cm³/mol. The zero-order valence-corrected chi connectivity index (χ0v) is 23.0. The molecule has 0 aliphatic heterocycles. The maximum atomic E-state index is 5.97. The smallest absolute Gasteiger partial charge is 0.121 e. The number of rotatable bonds is 12. The van der Waals surface area contributed by atoms with E-state index in [1.54, 1.807) is 0 Å². The van der Waals surface area contributed by atoms with E-state index in [9.17, 15) is 0 Å². The van der Waals surface area contributed by atoms with Gasteiger partial charge < -0.3 is 24.7 Å². The van der Waals surface area contributed by atoms with Crippen molar-refractivity contribution < 1.29 is 14.9 Å². The molecule has 0 aliphatic carbocycles. The fraction of sp³-hybridized carbons (Fsp3) is 0.480. The Bertz CT molecular complexity index is 881. The van der Waals surface area contributed by atoms with E-state index in [1.165, 1.54) is 0 Å². The SMILES string of the molecule is CCN(CC)CCOc1ccc2cc3ccc(OCCN(CC)CC)cc3nc2c1.Cl.Cl.Cl.O. The van der Waals surface area contributed by atoms with Gasteiger partial charge in [0.1, 0.15) is 24.7 Å². The fourth-order valence-corrected chi connectivity index (χ4v) is 3.63. The molecule has 2 aromatic carbocycles. The summed E-state index contributed by atoms with van der Waals surface area (Å²) in [6.45, 7) is 16.1. The molecule has 0 fully saturated rings. The molecule has 194 valence electrons. The molecule has 0 atom stereocenters. The van der Waals surface area contributed by atoms with Gasteiger partial charge in [0.15, 0.2) is 0 Å². The third kappa shape index (κ3) is 9.61. The summed E-state index contributed by atoms with van der Waals surface area (Å²) in [5.41, 5.74) is 1.89. The van der Waals surface area contributed by atoms with Crippen LogP contribution < -0.4 is 9.47 Å². The lowest BCUT2D eigenvalue weighted by atomic mass is 10.1. The standard InChI is InChI=1S/C25H35N3O2.3ClH.H2O/c1-5-27(6-2)13-15-29-22-11-9-20-17-21-10-12-23(19-25(21)26-24(20)18-22)30-16-14-28(7-3)8-4;;;;/h9-12,17-19H,5-8,13-16H2,1-4H3;3*1H;1H2. The number of likely N-dealkylation sites (N-methyl/N-ethyl adjacent to an activating group) is 2. The van der Waals surface area contributed by atoms with Gasteiger partial charge in [0.05, 0.1) is 11.0 Å². The van der Waals surface area contributed by atoms with Gasteiger partial charge in [0, 0.05) is 36.0 Å². The number of ether oxygens (including phenoxy) is 2. The summed E-state index contributed by atoms with van der Waals surface area (Å²) in [5.74, 6) is 1.74. The van der Waals surface area contributed by atoms with E-state index in [2.05, 4.69) is 55.7 Å². The Kier molecular flexibility index (Phi) is 18.2. The van der Waals surface area contributed by atoms with E-state index in [0.29, 0.717) is 13.2 Å². The summed E-state index contributed by atoms with van der Waals surface area (Å²) in [6, 6.07) is 14.5. The van der Waals surface area contributed by atoms with Crippen LogP contribution in [0.1, 0.15) is 27.7 Å². The summed E-state index contributed by atoms with van der Waals surface area (Å²) in [4.78, 5) is 9.58. The Labute approximate surface area is 222 Å². The number of hydrogen-bond donors (Lipinski definition) is 0. The molecule has 0 saturated heterocycles. The van der Waals surface area contributed by atoms with Crippen molar-refractivity contribution in [1.29, 1.82) is 0 Å². The van der Waals surface area contributed by atoms with Crippen molar-refractivity contribution in [2.24, 2.45) is 0 Å². The van der Waals surface area contributed by atoms with E-state index in [-0.39, 0.29) is 42.7 Å². The van der Waals surface area contributed by atoms with Crippen LogP contribution in [0.25, 0.3) is 21.8 Å². The Morgan fingerprint density at radius 3 is 1.35 bits per heavy atom. The largest absolute Gasteiger partial charge is 0.492 e. The molecule has 0 bridgehead atoms. The average Bonchev–Trinajstić information content (AvgIpc) is 2.78. The molecular formula is C25H40Cl3N3O3. The normalized spacial score (nSPS) is 10.3. The number of nitrogens with zero attached hydrogens (tertiary/aromatic N) is 3. The molecule has 6 nitrogen and oxygen atoms in total. The van der Waals surface area contributed by atoms with Crippen LogP contribution >= 0.6 is 37.2 Å². The number of benzene rings is 2. The Morgan fingerprint density at radius 2 is 1.00 bits per heavy atom. The van der Waals surface area contributed by atoms with Crippen LogP contribution in [0.4, 0.5) is 0 Å². The van der Waals surface area contributed by atoms with E-state index in [1.807, 2.05) is 24.3 Å². The van der Waals surface area contributed by atoms with Gasteiger partial charge in [-0.3, -0.25) is 0 Å². The van der Waals surface area contributed by atoms with Crippen molar-refractivity contribution in [2.75, 3.05) is 52.5 Å². The molecule has 1 heterocycles. The summed E-state index contributed by atoms with van der Waals surface area (Å²) in [5, 5.41) is 2.24. The molecule has 0 spiro atoms. The first-order chi connectivity index (χ1) is 14.7. The van der Waals surface area contributed by atoms with Crippen LogP contribution in [0.2, 0.25) is 0 Å². The highest BCUT2D eigenvalue weighted by molar-refractivity contribution is 5.93. The topological polar surface area (TPSA) is 69.3 Å². The van der Waals surface area contributed by atoms with Gasteiger partial charge in [-0.15, -0.1) is 37.2 Å². The van der Waals surface area contributed by atoms with Gasteiger partial charge in [0.2, 0.25) is 0 Å². The lowest BCUT2D eigenvalue weighted by molar-refractivity contribution is 0.223. The van der Waals surface area contributed by atoms with Crippen molar-refractivity contribution in [3.63, 3.8) is 0 Å². The second-order valence-corrected chi connectivity index (χ2v) is 7.45. The minimum atomic E-state index is 0. The highest BCUT2D eigenvalue weighted by Gasteiger charge is 2.06. The molecular weight excluding hydrogens is 497 g/mol. The van der Waals surface area contributed by atoms with Crippen LogP contribution in [0, 0.1) is 0 Å². The van der Waals surface area contributed by atoms with E-state index in [0.717, 1.165) is 72.6 Å². The summed E-state index contributed by atoms with van der Waals surface area (Å²) >= 11 is 0. The maximum Gasteiger partial charge on any atom is 0.121 e. The number of hydrogen-bond acceptors (Lipinski definition) is 5. The lowest BCUT2D eigenvalue weighted by Gasteiger charge is -2.18. The molecule has 0 radical (unpaired) electrons. The zero-order chi connectivity index (χ0) is 21.3. The summed E-state index contributed by atoms with van der Waals surface area (Å²) in [6.07, 6.45) is 0. The van der Waals surface area contributed by atoms with Crippen LogP contribution in [-0.4, -0.2) is 72.7 Å². The second kappa shape index (κ2) is 17.8. The van der Waals surface area contributed by atoms with E-state index >= 15 is 0 Å². The Balaban J connectivity index is 0. The first-order valence-corrected chi connectivity index (χ1v) is 11.2. The molecule has 3 rings (SSSR count). The van der Waals surface area contributed by atoms with Crippen molar-refractivity contribution >= 4 is 59.0 Å². The van der Waals surface area contributed by atoms with E-state index < -0.39 is 0 Å². The molecule has 0 aliphatic rings. The fourth-order valence-electron chi connectivity index (χ4n) is 3.63. The third-order valence-corrected chi connectivity index (χ3v) is 5.70. The van der Waals surface area contributed by atoms with Gasteiger partial charge in [-0.1, -0.05) is 27.7 Å². The molecule has 34 heavy (non-hydrogen) atoms. The minimum Gasteiger partial charge on any atom is -0.492 e. The van der Waals surface area contributed by atoms with Crippen molar-refractivity contribution in [3.8, 4) is 11.5 Å². The quantitative estimate of drug-likeness (QED) is 0.295. The van der Waals surface area contributed by atoms with Crippen molar-refractivity contribution in [1.82, 2.24) is 14.8 Å². The van der Waals surface area contributed by atoms with Crippen LogP contribution in [0.5, 0.6) is 11.5 Å². The van der Waals surface area contributed by atoms with Crippen molar-refractivity contribution in [2.45, 2.75) is 27.7 Å². The number of pyridine rings is 1. The molecule has 9 heteroatoms. The highest BCUT2D eigenvalue weighted by Crippen LogP contribution is 2.26. The average molecular weight is 537 g/mol. The maximum absolute atomic E-state index is 5.97. The zero-order valence-electron chi connectivity index (χ0n) is 20.6. The molecule has 0 unspecified atom stereocenters. The Morgan fingerprint density at radius 1 is 0.618 bits per heavy atom. The second-order valence-electron chi connectivity index (χ2n) is 7.45. The first kappa shape index (κ1) is 34.6. The number of aromatic nitrogens is 1.